The number of hydrogen-bond donors (Lipinski definition) is 1. The number of aliphatic hydroxyl groups excluding tert-OH is 1. The van der Waals surface area contributed by atoms with Crippen LogP contribution in [-0.4, -0.2) is 63.6 Å². The molecule has 176 valence electrons. The number of rotatable bonds is 7. The molecule has 7 nitrogen and oxygen atoms in total. The van der Waals surface area contributed by atoms with Crippen LogP contribution in [0.4, 0.5) is 0 Å². The first kappa shape index (κ1) is 23.9. The summed E-state index contributed by atoms with van der Waals surface area (Å²) in [6, 6.07) is 16.4. The number of aliphatic hydroxyl groups is 1. The Balaban J connectivity index is 1.81. The van der Waals surface area contributed by atoms with E-state index in [9.17, 15) is 14.7 Å². The minimum atomic E-state index is -0.681. The van der Waals surface area contributed by atoms with Gasteiger partial charge in [0.15, 0.2) is 0 Å². The number of nitrogens with zero attached hydrogens (tertiary/aromatic N) is 4. The SMILES string of the molecule is Cc1c(/C(O)=C2\C(=O)C(=O)N(CCCN(C)C)C2c2cccc(Br)c2)cnn1-c1ccccc1. The van der Waals surface area contributed by atoms with E-state index in [0.717, 1.165) is 22.3 Å². The van der Waals surface area contributed by atoms with Crippen LogP contribution in [0, 0.1) is 6.92 Å². The van der Waals surface area contributed by atoms with Crippen LogP contribution in [0.2, 0.25) is 0 Å². The van der Waals surface area contributed by atoms with Gasteiger partial charge in [0, 0.05) is 11.0 Å². The van der Waals surface area contributed by atoms with Gasteiger partial charge in [0.2, 0.25) is 0 Å². The third-order valence-corrected chi connectivity index (χ3v) is 6.47. The van der Waals surface area contributed by atoms with Gasteiger partial charge in [0.1, 0.15) is 5.76 Å². The number of ketones is 1. The molecule has 1 aliphatic rings. The van der Waals surface area contributed by atoms with E-state index in [-0.39, 0.29) is 11.3 Å². The number of carbonyl (C=O) groups is 2. The van der Waals surface area contributed by atoms with Crippen molar-refractivity contribution in [2.24, 2.45) is 0 Å². The second kappa shape index (κ2) is 9.95. The summed E-state index contributed by atoms with van der Waals surface area (Å²) in [5.41, 5.74) is 2.79. The molecule has 1 N–H and O–H groups in total. The van der Waals surface area contributed by atoms with Crippen LogP contribution >= 0.6 is 15.9 Å². The molecule has 2 aromatic carbocycles. The summed E-state index contributed by atoms with van der Waals surface area (Å²) in [6.45, 7) is 3.01. The van der Waals surface area contributed by atoms with E-state index < -0.39 is 17.7 Å². The highest BCUT2D eigenvalue weighted by molar-refractivity contribution is 9.10. The highest BCUT2D eigenvalue weighted by atomic mass is 79.9. The molecule has 1 aromatic heterocycles. The van der Waals surface area contributed by atoms with E-state index in [1.807, 2.05) is 80.5 Å². The lowest BCUT2D eigenvalue weighted by Crippen LogP contribution is -2.32. The number of aromatic nitrogens is 2. The molecule has 2 heterocycles. The Kier molecular flexibility index (Phi) is 7.00. The normalized spacial score (nSPS) is 17.7. The summed E-state index contributed by atoms with van der Waals surface area (Å²) >= 11 is 3.49. The van der Waals surface area contributed by atoms with Crippen molar-refractivity contribution in [1.29, 1.82) is 0 Å². The number of Topliss-reactive ketones (excluding diaryl/α,β-unsaturated/α-hetero) is 1. The lowest BCUT2D eigenvalue weighted by atomic mass is 9.95. The van der Waals surface area contributed by atoms with Crippen molar-refractivity contribution in [3.8, 4) is 5.69 Å². The summed E-state index contributed by atoms with van der Waals surface area (Å²) in [7, 11) is 3.93. The molecule has 0 aliphatic carbocycles. The van der Waals surface area contributed by atoms with Crippen LogP contribution in [0.5, 0.6) is 0 Å². The first-order valence-corrected chi connectivity index (χ1v) is 11.9. The molecule has 0 radical (unpaired) electrons. The maximum absolute atomic E-state index is 13.2. The molecule has 4 rings (SSSR count). The van der Waals surface area contributed by atoms with Gasteiger partial charge in [-0.15, -0.1) is 0 Å². The third-order valence-electron chi connectivity index (χ3n) is 5.97. The molecule has 0 spiro atoms. The van der Waals surface area contributed by atoms with Crippen molar-refractivity contribution in [3.63, 3.8) is 0 Å². The number of para-hydroxylation sites is 1. The number of hydrogen-bond acceptors (Lipinski definition) is 5. The van der Waals surface area contributed by atoms with Crippen molar-refractivity contribution < 1.29 is 14.7 Å². The van der Waals surface area contributed by atoms with Crippen molar-refractivity contribution in [3.05, 3.63) is 87.7 Å². The maximum Gasteiger partial charge on any atom is 0.295 e. The quantitative estimate of drug-likeness (QED) is 0.284. The van der Waals surface area contributed by atoms with Crippen LogP contribution in [-0.2, 0) is 9.59 Å². The zero-order valence-electron chi connectivity index (χ0n) is 19.4. The second-order valence-corrected chi connectivity index (χ2v) is 9.51. The molecule has 34 heavy (non-hydrogen) atoms. The van der Waals surface area contributed by atoms with Crippen LogP contribution in [0.15, 0.2) is 70.8 Å². The van der Waals surface area contributed by atoms with Gasteiger partial charge in [-0.1, -0.05) is 46.3 Å². The molecule has 1 amide bonds. The van der Waals surface area contributed by atoms with Gasteiger partial charge in [-0.2, -0.15) is 5.10 Å². The fourth-order valence-corrected chi connectivity index (χ4v) is 4.72. The smallest absolute Gasteiger partial charge is 0.295 e. The average molecular weight is 523 g/mol. The highest BCUT2D eigenvalue weighted by Crippen LogP contribution is 2.40. The summed E-state index contributed by atoms with van der Waals surface area (Å²) in [6.07, 6.45) is 2.24. The van der Waals surface area contributed by atoms with Gasteiger partial charge >= 0.3 is 0 Å². The largest absolute Gasteiger partial charge is 0.507 e. The molecule has 3 aromatic rings. The highest BCUT2D eigenvalue weighted by Gasteiger charge is 2.46. The first-order valence-electron chi connectivity index (χ1n) is 11.1. The predicted molar refractivity (Wildman–Crippen MR) is 135 cm³/mol. The molecule has 1 atom stereocenters. The average Bonchev–Trinajstić information content (AvgIpc) is 3.32. The molecule has 0 bridgehead atoms. The van der Waals surface area contributed by atoms with Crippen LogP contribution < -0.4 is 0 Å². The van der Waals surface area contributed by atoms with E-state index in [1.54, 1.807) is 9.58 Å². The van der Waals surface area contributed by atoms with Crippen LogP contribution in [0.1, 0.15) is 29.3 Å². The topological polar surface area (TPSA) is 78.7 Å². The fraction of sp³-hybridized carbons (Fsp3) is 0.269. The Morgan fingerprint density at radius 3 is 2.53 bits per heavy atom. The van der Waals surface area contributed by atoms with E-state index in [1.165, 1.54) is 6.20 Å². The van der Waals surface area contributed by atoms with Crippen LogP contribution in [0.3, 0.4) is 0 Å². The zero-order chi connectivity index (χ0) is 24.4. The van der Waals surface area contributed by atoms with Crippen molar-refractivity contribution in [2.45, 2.75) is 19.4 Å². The first-order chi connectivity index (χ1) is 16.3. The lowest BCUT2D eigenvalue weighted by molar-refractivity contribution is -0.139. The van der Waals surface area contributed by atoms with E-state index in [0.29, 0.717) is 24.2 Å². The Morgan fingerprint density at radius 1 is 1.12 bits per heavy atom. The van der Waals surface area contributed by atoms with E-state index in [2.05, 4.69) is 21.0 Å². The number of amides is 1. The molecule has 1 saturated heterocycles. The number of halogens is 1. The molecule has 8 heteroatoms. The summed E-state index contributed by atoms with van der Waals surface area (Å²) < 4.78 is 2.54. The van der Waals surface area contributed by atoms with Gasteiger partial charge in [0.05, 0.1) is 34.8 Å². The van der Waals surface area contributed by atoms with Crippen molar-refractivity contribution in [2.75, 3.05) is 27.2 Å². The Bertz CT molecular complexity index is 1250. The summed E-state index contributed by atoms with van der Waals surface area (Å²) in [5, 5.41) is 15.8. The molecular formula is C26H27BrN4O3. The molecular weight excluding hydrogens is 496 g/mol. The fourth-order valence-electron chi connectivity index (χ4n) is 4.31. The van der Waals surface area contributed by atoms with Crippen molar-refractivity contribution >= 4 is 33.4 Å². The van der Waals surface area contributed by atoms with E-state index in [4.69, 9.17) is 0 Å². The third kappa shape index (κ3) is 4.56. The molecule has 0 saturated carbocycles. The van der Waals surface area contributed by atoms with Gasteiger partial charge in [-0.3, -0.25) is 9.59 Å². The summed E-state index contributed by atoms with van der Waals surface area (Å²) in [4.78, 5) is 29.9. The molecule has 1 unspecified atom stereocenters. The number of likely N-dealkylation sites (tertiary alicyclic amines) is 1. The van der Waals surface area contributed by atoms with Gasteiger partial charge in [-0.05, 0) is 63.8 Å². The van der Waals surface area contributed by atoms with Gasteiger partial charge in [0.25, 0.3) is 11.7 Å². The monoisotopic (exact) mass is 522 g/mol. The maximum atomic E-state index is 13.2. The zero-order valence-corrected chi connectivity index (χ0v) is 21.0. The molecule has 1 fully saturated rings. The van der Waals surface area contributed by atoms with Gasteiger partial charge < -0.3 is 14.9 Å². The Morgan fingerprint density at radius 2 is 1.85 bits per heavy atom. The second-order valence-electron chi connectivity index (χ2n) is 8.60. The Labute approximate surface area is 207 Å². The number of benzene rings is 2. The summed E-state index contributed by atoms with van der Waals surface area (Å²) in [5.74, 6) is -1.49. The predicted octanol–water partition coefficient (Wildman–Crippen LogP) is 4.32. The van der Waals surface area contributed by atoms with Crippen LogP contribution in [0.25, 0.3) is 11.4 Å². The van der Waals surface area contributed by atoms with Crippen molar-refractivity contribution in [1.82, 2.24) is 19.6 Å². The molecule has 1 aliphatic heterocycles. The lowest BCUT2D eigenvalue weighted by Gasteiger charge is -2.26. The minimum absolute atomic E-state index is 0.0867. The standard InChI is InChI=1S/C26H27BrN4O3/c1-17-21(16-28-31(17)20-11-5-4-6-12-20)24(32)22-23(18-9-7-10-19(27)15-18)30(26(34)25(22)33)14-8-13-29(2)3/h4-7,9-12,15-16,23,32H,8,13-14H2,1-3H3/b24-22+. The van der Waals surface area contributed by atoms with E-state index >= 15 is 0 Å². The number of carbonyl (C=O) groups excluding carboxylic acids is 2. The van der Waals surface area contributed by atoms with Gasteiger partial charge in [-0.25, -0.2) is 4.68 Å². The minimum Gasteiger partial charge on any atom is -0.507 e. The Hall–Kier alpha value is -3.23.